The van der Waals surface area contributed by atoms with E-state index in [1.165, 1.54) is 0 Å². The highest BCUT2D eigenvalue weighted by molar-refractivity contribution is 7.99. The SMILES string of the molecule is OC(COc1ccccc1)CSC(c1ccc(Cl)cc1)c1ccc(Cl)cc1. The molecule has 1 unspecified atom stereocenters. The van der Waals surface area contributed by atoms with E-state index in [4.69, 9.17) is 27.9 Å². The van der Waals surface area contributed by atoms with E-state index >= 15 is 0 Å². The number of rotatable bonds is 8. The summed E-state index contributed by atoms with van der Waals surface area (Å²) in [6.07, 6.45) is -0.572. The van der Waals surface area contributed by atoms with Crippen molar-refractivity contribution in [2.75, 3.05) is 12.4 Å². The van der Waals surface area contributed by atoms with Crippen molar-refractivity contribution in [1.82, 2.24) is 0 Å². The molecule has 0 saturated carbocycles. The van der Waals surface area contributed by atoms with Crippen LogP contribution in [0.25, 0.3) is 0 Å². The van der Waals surface area contributed by atoms with Crippen molar-refractivity contribution < 1.29 is 9.84 Å². The highest BCUT2D eigenvalue weighted by atomic mass is 35.5. The van der Waals surface area contributed by atoms with Crippen molar-refractivity contribution in [2.45, 2.75) is 11.4 Å². The number of hydrogen-bond donors (Lipinski definition) is 1. The van der Waals surface area contributed by atoms with E-state index in [1.807, 2.05) is 78.9 Å². The molecule has 27 heavy (non-hydrogen) atoms. The Hall–Kier alpha value is -1.65. The Morgan fingerprint density at radius 1 is 0.778 bits per heavy atom. The highest BCUT2D eigenvalue weighted by Gasteiger charge is 2.17. The number of aliphatic hydroxyl groups excluding tert-OH is 1. The number of halogens is 2. The summed E-state index contributed by atoms with van der Waals surface area (Å²) in [4.78, 5) is 0. The highest BCUT2D eigenvalue weighted by Crippen LogP contribution is 2.37. The van der Waals surface area contributed by atoms with E-state index in [1.54, 1.807) is 11.8 Å². The van der Waals surface area contributed by atoms with Crippen LogP contribution in [0.4, 0.5) is 0 Å². The minimum absolute atomic E-state index is 0.0749. The van der Waals surface area contributed by atoms with E-state index in [0.717, 1.165) is 16.9 Å². The number of benzene rings is 3. The van der Waals surface area contributed by atoms with Crippen LogP contribution in [-0.4, -0.2) is 23.6 Å². The minimum Gasteiger partial charge on any atom is -0.491 e. The van der Waals surface area contributed by atoms with Crippen LogP contribution >= 0.6 is 35.0 Å². The molecule has 3 aromatic carbocycles. The molecule has 0 spiro atoms. The zero-order valence-electron chi connectivity index (χ0n) is 14.6. The molecule has 0 aliphatic carbocycles. The molecule has 0 aliphatic rings. The van der Waals surface area contributed by atoms with Crippen molar-refractivity contribution in [3.8, 4) is 5.75 Å². The van der Waals surface area contributed by atoms with Crippen molar-refractivity contribution in [1.29, 1.82) is 0 Å². The normalized spacial score (nSPS) is 12.1. The quantitative estimate of drug-likeness (QED) is 0.468. The molecule has 3 rings (SSSR count). The van der Waals surface area contributed by atoms with Gasteiger partial charge in [0.05, 0.1) is 11.4 Å². The number of para-hydroxylation sites is 1. The predicted molar refractivity (Wildman–Crippen MR) is 115 cm³/mol. The second-order valence-corrected chi connectivity index (χ2v) is 8.11. The summed E-state index contributed by atoms with van der Waals surface area (Å²) in [6, 6.07) is 25.1. The molecule has 1 N–H and O–H groups in total. The van der Waals surface area contributed by atoms with Crippen molar-refractivity contribution in [3.05, 3.63) is 100 Å². The first-order chi connectivity index (χ1) is 13.1. The molecular weight excluding hydrogens is 399 g/mol. The van der Waals surface area contributed by atoms with Crippen LogP contribution in [0, 0.1) is 0 Å². The number of aliphatic hydroxyl groups is 1. The molecule has 0 amide bonds. The third kappa shape index (κ3) is 6.18. The van der Waals surface area contributed by atoms with Crippen LogP contribution in [0.2, 0.25) is 10.0 Å². The third-order valence-corrected chi connectivity index (χ3v) is 5.95. The Morgan fingerprint density at radius 3 is 1.81 bits per heavy atom. The Bertz CT molecular complexity index is 778. The summed E-state index contributed by atoms with van der Waals surface area (Å²) in [7, 11) is 0. The van der Waals surface area contributed by atoms with Gasteiger partial charge in [0.1, 0.15) is 12.4 Å². The van der Waals surface area contributed by atoms with Gasteiger partial charge in [-0.1, -0.05) is 65.7 Å². The lowest BCUT2D eigenvalue weighted by Crippen LogP contribution is -2.20. The van der Waals surface area contributed by atoms with Gasteiger partial charge < -0.3 is 9.84 Å². The summed E-state index contributed by atoms with van der Waals surface area (Å²) in [6.45, 7) is 0.255. The van der Waals surface area contributed by atoms with Crippen LogP contribution in [0.3, 0.4) is 0 Å². The summed E-state index contributed by atoms with van der Waals surface area (Å²) >= 11 is 13.7. The monoisotopic (exact) mass is 418 g/mol. The maximum absolute atomic E-state index is 10.4. The topological polar surface area (TPSA) is 29.5 Å². The molecule has 140 valence electrons. The van der Waals surface area contributed by atoms with E-state index in [2.05, 4.69) is 0 Å². The van der Waals surface area contributed by atoms with E-state index in [0.29, 0.717) is 15.8 Å². The second-order valence-electron chi connectivity index (χ2n) is 6.09. The molecule has 0 aliphatic heterocycles. The number of thioether (sulfide) groups is 1. The first-order valence-corrected chi connectivity index (χ1v) is 10.4. The summed E-state index contributed by atoms with van der Waals surface area (Å²) in [5.41, 5.74) is 2.26. The second kappa shape index (κ2) is 10.0. The van der Waals surface area contributed by atoms with Gasteiger partial charge in [-0.15, -0.1) is 11.8 Å². The van der Waals surface area contributed by atoms with Crippen LogP contribution in [0.5, 0.6) is 5.75 Å². The average Bonchev–Trinajstić information content (AvgIpc) is 2.70. The van der Waals surface area contributed by atoms with Crippen molar-refractivity contribution >= 4 is 35.0 Å². The van der Waals surface area contributed by atoms with Gasteiger partial charge in [0.15, 0.2) is 0 Å². The lowest BCUT2D eigenvalue weighted by atomic mass is 10.0. The fourth-order valence-corrected chi connectivity index (χ4v) is 4.09. The zero-order chi connectivity index (χ0) is 19.1. The first-order valence-electron chi connectivity index (χ1n) is 8.60. The third-order valence-electron chi connectivity index (χ3n) is 3.99. The maximum Gasteiger partial charge on any atom is 0.119 e. The van der Waals surface area contributed by atoms with Crippen LogP contribution in [0.15, 0.2) is 78.9 Å². The minimum atomic E-state index is -0.572. The lowest BCUT2D eigenvalue weighted by molar-refractivity contribution is 0.126. The molecule has 0 aromatic heterocycles. The van der Waals surface area contributed by atoms with Crippen LogP contribution < -0.4 is 4.74 Å². The van der Waals surface area contributed by atoms with Gasteiger partial charge >= 0.3 is 0 Å². The molecule has 5 heteroatoms. The molecule has 0 saturated heterocycles. The lowest BCUT2D eigenvalue weighted by Gasteiger charge is -2.20. The number of hydrogen-bond acceptors (Lipinski definition) is 3. The van der Waals surface area contributed by atoms with Gasteiger partial charge in [0, 0.05) is 15.8 Å². The standard InChI is InChI=1S/C22H20Cl2O2S/c23-18-10-6-16(7-11-18)22(17-8-12-19(24)13-9-17)27-15-20(25)14-26-21-4-2-1-3-5-21/h1-13,20,22,25H,14-15H2. The summed E-state index contributed by atoms with van der Waals surface area (Å²) < 4.78 is 5.64. The van der Waals surface area contributed by atoms with Crippen molar-refractivity contribution in [3.63, 3.8) is 0 Å². The van der Waals surface area contributed by atoms with Crippen LogP contribution in [0.1, 0.15) is 16.4 Å². The molecule has 0 fully saturated rings. The molecule has 0 radical (unpaired) electrons. The Balaban J connectivity index is 1.66. The number of ether oxygens (including phenoxy) is 1. The molecule has 0 bridgehead atoms. The Labute approximate surface area is 174 Å². The first kappa shape index (κ1) is 20.1. The van der Waals surface area contributed by atoms with Crippen molar-refractivity contribution in [2.24, 2.45) is 0 Å². The Morgan fingerprint density at radius 2 is 1.30 bits per heavy atom. The largest absolute Gasteiger partial charge is 0.491 e. The summed E-state index contributed by atoms with van der Waals surface area (Å²) in [5, 5.41) is 11.8. The maximum atomic E-state index is 10.4. The van der Waals surface area contributed by atoms with Gasteiger partial charge in [0.2, 0.25) is 0 Å². The molecular formula is C22H20Cl2O2S. The zero-order valence-corrected chi connectivity index (χ0v) is 16.9. The van der Waals surface area contributed by atoms with Gasteiger partial charge in [-0.2, -0.15) is 0 Å². The smallest absolute Gasteiger partial charge is 0.119 e. The van der Waals surface area contributed by atoms with Gasteiger partial charge in [-0.05, 0) is 47.5 Å². The fraction of sp³-hybridized carbons (Fsp3) is 0.182. The van der Waals surface area contributed by atoms with E-state index in [-0.39, 0.29) is 11.9 Å². The van der Waals surface area contributed by atoms with Gasteiger partial charge in [-0.25, -0.2) is 0 Å². The molecule has 2 nitrogen and oxygen atoms in total. The molecule has 3 aromatic rings. The average molecular weight is 419 g/mol. The van der Waals surface area contributed by atoms with Crippen LogP contribution in [-0.2, 0) is 0 Å². The van der Waals surface area contributed by atoms with Gasteiger partial charge in [0.25, 0.3) is 0 Å². The Kier molecular flexibility index (Phi) is 7.48. The summed E-state index contributed by atoms with van der Waals surface area (Å²) in [5.74, 6) is 1.30. The fourth-order valence-electron chi connectivity index (χ4n) is 2.62. The molecule has 0 heterocycles. The van der Waals surface area contributed by atoms with E-state index < -0.39 is 6.10 Å². The van der Waals surface area contributed by atoms with Gasteiger partial charge in [-0.3, -0.25) is 0 Å². The molecule has 1 atom stereocenters. The predicted octanol–water partition coefficient (Wildman–Crippen LogP) is 6.26. The van der Waals surface area contributed by atoms with E-state index in [9.17, 15) is 5.11 Å².